The molecule has 1 saturated heterocycles. The molecule has 1 aromatic heterocycles. The topological polar surface area (TPSA) is 57.8 Å². The Morgan fingerprint density at radius 1 is 1.56 bits per heavy atom. The van der Waals surface area contributed by atoms with Crippen LogP contribution in [-0.4, -0.2) is 26.6 Å². The Balaban J connectivity index is 2.13. The molecule has 0 bridgehead atoms. The van der Waals surface area contributed by atoms with Crippen molar-refractivity contribution in [2.75, 3.05) is 11.1 Å². The van der Waals surface area contributed by atoms with Gasteiger partial charge in [0.2, 0.25) is 5.91 Å². The van der Waals surface area contributed by atoms with E-state index in [-0.39, 0.29) is 10.7 Å². The number of carbonyl (C=O) groups excluding carboxylic acids is 1. The molecule has 16 heavy (non-hydrogen) atoms. The highest BCUT2D eigenvalue weighted by molar-refractivity contribution is 8.01. The predicted octanol–water partition coefficient (Wildman–Crippen LogP) is 2.25. The Morgan fingerprint density at radius 2 is 2.31 bits per heavy atom. The summed E-state index contributed by atoms with van der Waals surface area (Å²) in [6.07, 6.45) is 2.08. The minimum atomic E-state index is -0.268. The maximum atomic E-state index is 12.2. The lowest BCUT2D eigenvalue weighted by atomic mass is 10.0. The van der Waals surface area contributed by atoms with Gasteiger partial charge in [0.05, 0.1) is 21.8 Å². The maximum absolute atomic E-state index is 12.2. The van der Waals surface area contributed by atoms with Gasteiger partial charge in [0.1, 0.15) is 0 Å². The van der Waals surface area contributed by atoms with E-state index in [2.05, 4.69) is 15.5 Å². The van der Waals surface area contributed by atoms with Gasteiger partial charge < -0.3 is 5.32 Å². The fraction of sp³-hybridized carbons (Fsp3) is 0.636. The summed E-state index contributed by atoms with van der Waals surface area (Å²) in [5.41, 5.74) is 2.59. The van der Waals surface area contributed by atoms with Crippen LogP contribution in [0.4, 0.5) is 5.69 Å². The second-order valence-corrected chi connectivity index (χ2v) is 6.04. The van der Waals surface area contributed by atoms with Crippen molar-refractivity contribution in [2.45, 2.75) is 38.4 Å². The number of nitrogens with one attached hydrogen (secondary N) is 2. The molecule has 1 atom stereocenters. The molecule has 1 aliphatic rings. The molecule has 4 nitrogen and oxygen atoms in total. The summed E-state index contributed by atoms with van der Waals surface area (Å²) in [6, 6.07) is 0. The smallest absolute Gasteiger partial charge is 0.240 e. The fourth-order valence-electron chi connectivity index (χ4n) is 1.94. The van der Waals surface area contributed by atoms with Crippen LogP contribution in [0, 0.1) is 13.8 Å². The van der Waals surface area contributed by atoms with E-state index in [1.807, 2.05) is 20.8 Å². The SMILES string of the molecule is Cc1n[nH]c(C)c1NC(=O)C1(C)CCCS1. The Bertz CT molecular complexity index is 388. The maximum Gasteiger partial charge on any atom is 0.240 e. The number of rotatable bonds is 2. The normalized spacial score (nSPS) is 24.7. The van der Waals surface area contributed by atoms with Crippen molar-refractivity contribution >= 4 is 23.4 Å². The van der Waals surface area contributed by atoms with Crippen LogP contribution in [0.3, 0.4) is 0 Å². The number of nitrogens with zero attached hydrogens (tertiary/aromatic N) is 1. The molecular weight excluding hydrogens is 222 g/mol. The zero-order valence-corrected chi connectivity index (χ0v) is 10.7. The molecular formula is C11H17N3OS. The van der Waals surface area contributed by atoms with Crippen LogP contribution < -0.4 is 5.32 Å². The third-order valence-electron chi connectivity index (χ3n) is 3.07. The van der Waals surface area contributed by atoms with Crippen molar-refractivity contribution in [3.63, 3.8) is 0 Å². The fourth-order valence-corrected chi connectivity index (χ4v) is 3.15. The summed E-state index contributed by atoms with van der Waals surface area (Å²) in [7, 11) is 0. The molecule has 2 heterocycles. The Labute approximate surface area is 99.6 Å². The number of thioether (sulfide) groups is 1. The zero-order chi connectivity index (χ0) is 11.8. The van der Waals surface area contributed by atoms with Crippen LogP contribution in [0.5, 0.6) is 0 Å². The zero-order valence-electron chi connectivity index (χ0n) is 9.89. The molecule has 1 aliphatic heterocycles. The van der Waals surface area contributed by atoms with Gasteiger partial charge >= 0.3 is 0 Å². The Hall–Kier alpha value is -0.970. The molecule has 0 radical (unpaired) electrons. The molecule has 0 aliphatic carbocycles. The van der Waals surface area contributed by atoms with Gasteiger partial charge in [-0.15, -0.1) is 11.8 Å². The number of hydrogen-bond donors (Lipinski definition) is 2. The molecule has 1 fully saturated rings. The third kappa shape index (κ3) is 1.96. The quantitative estimate of drug-likeness (QED) is 0.832. The van der Waals surface area contributed by atoms with Gasteiger partial charge in [-0.25, -0.2) is 0 Å². The lowest BCUT2D eigenvalue weighted by Crippen LogP contribution is -2.34. The van der Waals surface area contributed by atoms with Crippen LogP contribution in [0.25, 0.3) is 0 Å². The molecule has 1 aromatic rings. The van der Waals surface area contributed by atoms with E-state index in [1.165, 1.54) is 0 Å². The molecule has 88 valence electrons. The highest BCUT2D eigenvalue weighted by Gasteiger charge is 2.37. The molecule has 5 heteroatoms. The molecule has 0 aromatic carbocycles. The number of aromatic amines is 1. The number of aromatic nitrogens is 2. The molecule has 2 rings (SSSR count). The second kappa shape index (κ2) is 4.13. The Kier molecular flexibility index (Phi) is 2.97. The summed E-state index contributed by atoms with van der Waals surface area (Å²) in [6.45, 7) is 5.83. The van der Waals surface area contributed by atoms with Crippen LogP contribution >= 0.6 is 11.8 Å². The van der Waals surface area contributed by atoms with E-state index < -0.39 is 0 Å². The number of carbonyl (C=O) groups is 1. The largest absolute Gasteiger partial charge is 0.322 e. The molecule has 0 saturated carbocycles. The summed E-state index contributed by atoms with van der Waals surface area (Å²) >= 11 is 1.74. The van der Waals surface area contributed by atoms with Gasteiger partial charge in [-0.1, -0.05) is 0 Å². The molecule has 1 unspecified atom stereocenters. The first-order chi connectivity index (χ1) is 7.53. The van der Waals surface area contributed by atoms with Crippen molar-refractivity contribution in [3.8, 4) is 0 Å². The van der Waals surface area contributed by atoms with Gasteiger partial charge in [0.15, 0.2) is 0 Å². The monoisotopic (exact) mass is 239 g/mol. The first kappa shape index (κ1) is 11.5. The molecule has 0 spiro atoms. The van der Waals surface area contributed by atoms with Crippen LogP contribution in [0.15, 0.2) is 0 Å². The molecule has 2 N–H and O–H groups in total. The van der Waals surface area contributed by atoms with Gasteiger partial charge in [-0.05, 0) is 39.4 Å². The Morgan fingerprint density at radius 3 is 2.81 bits per heavy atom. The van der Waals surface area contributed by atoms with Crippen LogP contribution in [0.2, 0.25) is 0 Å². The van der Waals surface area contributed by atoms with Gasteiger partial charge in [-0.3, -0.25) is 9.89 Å². The highest BCUT2D eigenvalue weighted by Crippen LogP contribution is 2.38. The summed E-state index contributed by atoms with van der Waals surface area (Å²) in [4.78, 5) is 12.2. The second-order valence-electron chi connectivity index (χ2n) is 4.45. The molecule has 1 amide bonds. The van der Waals surface area contributed by atoms with Crippen molar-refractivity contribution in [1.29, 1.82) is 0 Å². The van der Waals surface area contributed by atoms with Gasteiger partial charge in [0, 0.05) is 0 Å². The van der Waals surface area contributed by atoms with E-state index in [9.17, 15) is 4.79 Å². The first-order valence-corrected chi connectivity index (χ1v) is 6.48. The summed E-state index contributed by atoms with van der Waals surface area (Å²) in [5.74, 6) is 1.18. The minimum absolute atomic E-state index is 0.0996. The van der Waals surface area contributed by atoms with Gasteiger partial charge in [-0.2, -0.15) is 5.10 Å². The van der Waals surface area contributed by atoms with E-state index in [4.69, 9.17) is 0 Å². The lowest BCUT2D eigenvalue weighted by Gasteiger charge is -2.21. The first-order valence-electron chi connectivity index (χ1n) is 5.50. The summed E-state index contributed by atoms with van der Waals surface area (Å²) < 4.78 is -0.268. The number of H-pyrrole nitrogens is 1. The highest BCUT2D eigenvalue weighted by atomic mass is 32.2. The van der Waals surface area contributed by atoms with E-state index in [0.29, 0.717) is 0 Å². The number of amides is 1. The third-order valence-corrected chi connectivity index (χ3v) is 4.59. The minimum Gasteiger partial charge on any atom is -0.322 e. The van der Waals surface area contributed by atoms with Crippen LogP contribution in [-0.2, 0) is 4.79 Å². The van der Waals surface area contributed by atoms with Crippen molar-refractivity contribution in [2.24, 2.45) is 0 Å². The number of hydrogen-bond acceptors (Lipinski definition) is 3. The van der Waals surface area contributed by atoms with E-state index >= 15 is 0 Å². The van der Waals surface area contributed by atoms with Crippen molar-refractivity contribution < 1.29 is 4.79 Å². The average Bonchev–Trinajstić information content (AvgIpc) is 2.80. The lowest BCUT2D eigenvalue weighted by molar-refractivity contribution is -0.118. The standard InChI is InChI=1S/C11H17N3OS/c1-7-9(8(2)14-13-7)12-10(15)11(3)5-4-6-16-11/h4-6H2,1-3H3,(H,12,15)(H,13,14). The predicted molar refractivity (Wildman–Crippen MR) is 66.8 cm³/mol. The summed E-state index contributed by atoms with van der Waals surface area (Å²) in [5, 5.41) is 9.93. The van der Waals surface area contributed by atoms with Crippen molar-refractivity contribution in [3.05, 3.63) is 11.4 Å². The van der Waals surface area contributed by atoms with E-state index in [1.54, 1.807) is 11.8 Å². The van der Waals surface area contributed by atoms with Crippen molar-refractivity contribution in [1.82, 2.24) is 10.2 Å². The number of aryl methyl sites for hydroxylation is 2. The average molecular weight is 239 g/mol. The number of anilines is 1. The van der Waals surface area contributed by atoms with E-state index in [0.717, 1.165) is 35.7 Å². The van der Waals surface area contributed by atoms with Crippen LogP contribution in [0.1, 0.15) is 31.2 Å². The van der Waals surface area contributed by atoms with Gasteiger partial charge in [0.25, 0.3) is 0 Å².